The Labute approximate surface area is 85.7 Å². The zero-order valence-corrected chi connectivity index (χ0v) is 8.58. The van der Waals surface area contributed by atoms with Gasteiger partial charge in [0.1, 0.15) is 0 Å². The Balaban J connectivity index is 1.95. The van der Waals surface area contributed by atoms with Gasteiger partial charge in [0.15, 0.2) is 0 Å². The fraction of sp³-hybridized carbons (Fsp3) is 0.500. The van der Waals surface area contributed by atoms with Gasteiger partial charge in [-0.05, 0) is 37.1 Å². The zero-order valence-electron chi connectivity index (χ0n) is 8.58. The molecule has 1 aliphatic heterocycles. The van der Waals surface area contributed by atoms with E-state index in [1.165, 1.54) is 37.1 Å². The smallest absolute Gasteiger partial charge is 0.0233 e. The van der Waals surface area contributed by atoms with Crippen LogP contribution in [0.5, 0.6) is 0 Å². The van der Waals surface area contributed by atoms with Crippen LogP contribution in [0.3, 0.4) is 0 Å². The summed E-state index contributed by atoms with van der Waals surface area (Å²) in [7, 11) is 0. The van der Waals surface area contributed by atoms with Gasteiger partial charge in [0, 0.05) is 13.1 Å². The van der Waals surface area contributed by atoms with Gasteiger partial charge in [0.05, 0.1) is 0 Å². The van der Waals surface area contributed by atoms with Crippen LogP contribution in [0.2, 0.25) is 0 Å². The lowest BCUT2D eigenvalue weighted by Crippen LogP contribution is -2.18. The summed E-state index contributed by atoms with van der Waals surface area (Å²) in [6.07, 6.45) is 2.72. The molecule has 1 aromatic rings. The molecule has 0 saturated carbocycles. The molecule has 0 atom stereocenters. The van der Waals surface area contributed by atoms with Crippen molar-refractivity contribution in [3.63, 3.8) is 0 Å². The Bertz CT molecular complexity index is 273. The van der Waals surface area contributed by atoms with Crippen LogP contribution in [0, 0.1) is 0 Å². The normalized spacial score (nSPS) is 17.5. The van der Waals surface area contributed by atoms with Crippen LogP contribution in [0.1, 0.15) is 24.0 Å². The second kappa shape index (κ2) is 4.58. The highest BCUT2D eigenvalue weighted by Gasteiger charge is 2.11. The van der Waals surface area contributed by atoms with Crippen molar-refractivity contribution < 1.29 is 0 Å². The van der Waals surface area contributed by atoms with Crippen LogP contribution in [-0.4, -0.2) is 18.0 Å². The minimum atomic E-state index is 0.643. The largest absolute Gasteiger partial charge is 0.326 e. The summed E-state index contributed by atoms with van der Waals surface area (Å²) in [6.45, 7) is 4.27. The van der Waals surface area contributed by atoms with Crippen LogP contribution in [-0.2, 0) is 13.1 Å². The number of hydrogen-bond acceptors (Lipinski definition) is 2. The Morgan fingerprint density at radius 1 is 1.00 bits per heavy atom. The zero-order chi connectivity index (χ0) is 9.80. The predicted molar refractivity (Wildman–Crippen MR) is 58.8 cm³/mol. The van der Waals surface area contributed by atoms with E-state index in [1.54, 1.807) is 0 Å². The minimum Gasteiger partial charge on any atom is -0.326 e. The van der Waals surface area contributed by atoms with Crippen molar-refractivity contribution >= 4 is 0 Å². The first kappa shape index (κ1) is 9.69. The van der Waals surface area contributed by atoms with Crippen LogP contribution >= 0.6 is 0 Å². The number of likely N-dealkylation sites (tertiary alicyclic amines) is 1. The van der Waals surface area contributed by atoms with Gasteiger partial charge in [-0.2, -0.15) is 0 Å². The highest BCUT2D eigenvalue weighted by atomic mass is 15.1. The summed E-state index contributed by atoms with van der Waals surface area (Å²) in [4.78, 5) is 2.51. The van der Waals surface area contributed by atoms with E-state index < -0.39 is 0 Å². The summed E-state index contributed by atoms with van der Waals surface area (Å²) < 4.78 is 0. The molecule has 0 unspecified atom stereocenters. The summed E-state index contributed by atoms with van der Waals surface area (Å²) in [5.74, 6) is 0. The number of benzene rings is 1. The molecule has 0 bridgehead atoms. The van der Waals surface area contributed by atoms with Crippen LogP contribution in [0.15, 0.2) is 24.3 Å². The van der Waals surface area contributed by atoms with Crippen molar-refractivity contribution in [2.75, 3.05) is 13.1 Å². The minimum absolute atomic E-state index is 0.643. The van der Waals surface area contributed by atoms with Crippen molar-refractivity contribution in [1.29, 1.82) is 0 Å². The Hall–Kier alpha value is -0.860. The lowest BCUT2D eigenvalue weighted by molar-refractivity contribution is 0.331. The molecule has 0 aliphatic carbocycles. The van der Waals surface area contributed by atoms with E-state index in [9.17, 15) is 0 Å². The quantitative estimate of drug-likeness (QED) is 0.786. The van der Waals surface area contributed by atoms with E-state index >= 15 is 0 Å². The van der Waals surface area contributed by atoms with Gasteiger partial charge in [-0.3, -0.25) is 4.90 Å². The Morgan fingerprint density at radius 3 is 2.14 bits per heavy atom. The maximum absolute atomic E-state index is 5.55. The van der Waals surface area contributed by atoms with E-state index in [0.29, 0.717) is 6.54 Å². The van der Waals surface area contributed by atoms with Gasteiger partial charge >= 0.3 is 0 Å². The molecule has 14 heavy (non-hydrogen) atoms. The van der Waals surface area contributed by atoms with Gasteiger partial charge in [0.25, 0.3) is 0 Å². The van der Waals surface area contributed by atoms with E-state index in [2.05, 4.69) is 29.2 Å². The third-order valence-corrected chi connectivity index (χ3v) is 2.86. The maximum Gasteiger partial charge on any atom is 0.0233 e. The van der Waals surface area contributed by atoms with E-state index in [4.69, 9.17) is 5.73 Å². The molecule has 2 N–H and O–H groups in total. The van der Waals surface area contributed by atoms with E-state index in [-0.39, 0.29) is 0 Å². The van der Waals surface area contributed by atoms with E-state index in [0.717, 1.165) is 6.54 Å². The molecule has 2 nitrogen and oxygen atoms in total. The van der Waals surface area contributed by atoms with Crippen LogP contribution < -0.4 is 5.73 Å². The topological polar surface area (TPSA) is 29.3 Å². The monoisotopic (exact) mass is 190 g/mol. The molecule has 76 valence electrons. The lowest BCUT2D eigenvalue weighted by Gasteiger charge is -2.14. The Morgan fingerprint density at radius 2 is 1.57 bits per heavy atom. The fourth-order valence-electron chi connectivity index (χ4n) is 1.98. The molecule has 1 fully saturated rings. The summed E-state index contributed by atoms with van der Waals surface area (Å²) in [5.41, 5.74) is 8.18. The van der Waals surface area contributed by atoms with Crippen LogP contribution in [0.25, 0.3) is 0 Å². The molecule has 2 rings (SSSR count). The summed E-state index contributed by atoms with van der Waals surface area (Å²) >= 11 is 0. The van der Waals surface area contributed by atoms with Gasteiger partial charge in [-0.1, -0.05) is 24.3 Å². The molecular weight excluding hydrogens is 172 g/mol. The molecule has 0 spiro atoms. The molecule has 1 heterocycles. The van der Waals surface area contributed by atoms with Crippen LogP contribution in [0.4, 0.5) is 0 Å². The van der Waals surface area contributed by atoms with Gasteiger partial charge in [-0.25, -0.2) is 0 Å². The first-order valence-corrected chi connectivity index (χ1v) is 5.39. The number of hydrogen-bond donors (Lipinski definition) is 1. The second-order valence-corrected chi connectivity index (χ2v) is 4.00. The number of rotatable bonds is 3. The standard InChI is InChI=1S/C12H18N2/c13-9-11-3-5-12(6-4-11)10-14-7-1-2-8-14/h3-6H,1-2,7-10,13H2. The Kier molecular flexibility index (Phi) is 3.17. The maximum atomic E-state index is 5.55. The number of nitrogens with zero attached hydrogens (tertiary/aromatic N) is 1. The summed E-state index contributed by atoms with van der Waals surface area (Å²) in [5, 5.41) is 0. The third-order valence-electron chi connectivity index (χ3n) is 2.86. The van der Waals surface area contributed by atoms with Crippen molar-refractivity contribution in [3.05, 3.63) is 35.4 Å². The fourth-order valence-corrected chi connectivity index (χ4v) is 1.98. The van der Waals surface area contributed by atoms with Crippen molar-refractivity contribution in [3.8, 4) is 0 Å². The molecule has 1 aliphatic rings. The molecule has 1 aromatic carbocycles. The first-order valence-electron chi connectivity index (χ1n) is 5.39. The van der Waals surface area contributed by atoms with Gasteiger partial charge < -0.3 is 5.73 Å². The molecule has 0 aromatic heterocycles. The van der Waals surface area contributed by atoms with Gasteiger partial charge in [-0.15, -0.1) is 0 Å². The van der Waals surface area contributed by atoms with E-state index in [1.807, 2.05) is 0 Å². The summed E-state index contributed by atoms with van der Waals surface area (Å²) in [6, 6.07) is 8.65. The molecule has 1 saturated heterocycles. The lowest BCUT2D eigenvalue weighted by atomic mass is 10.1. The van der Waals surface area contributed by atoms with Gasteiger partial charge in [0.2, 0.25) is 0 Å². The second-order valence-electron chi connectivity index (χ2n) is 4.00. The van der Waals surface area contributed by atoms with Crippen molar-refractivity contribution in [2.45, 2.75) is 25.9 Å². The molecule has 0 radical (unpaired) electrons. The highest BCUT2D eigenvalue weighted by molar-refractivity contribution is 5.22. The predicted octanol–water partition coefficient (Wildman–Crippen LogP) is 1.74. The average Bonchev–Trinajstić information content (AvgIpc) is 2.72. The third kappa shape index (κ3) is 2.34. The SMILES string of the molecule is NCc1ccc(CN2CCCC2)cc1. The molecular formula is C12H18N2. The average molecular weight is 190 g/mol. The molecule has 0 amide bonds. The number of nitrogens with two attached hydrogens (primary N) is 1. The molecule has 2 heteroatoms. The van der Waals surface area contributed by atoms with Crippen molar-refractivity contribution in [2.24, 2.45) is 5.73 Å². The first-order chi connectivity index (χ1) is 6.88. The highest BCUT2D eigenvalue weighted by Crippen LogP contribution is 2.12. The van der Waals surface area contributed by atoms with Crippen molar-refractivity contribution in [1.82, 2.24) is 4.90 Å².